The van der Waals surface area contributed by atoms with Crippen LogP contribution < -0.4 is 5.43 Å². The van der Waals surface area contributed by atoms with Gasteiger partial charge in [0.05, 0.1) is 5.56 Å². The molecule has 0 aromatic heterocycles. The summed E-state index contributed by atoms with van der Waals surface area (Å²) in [4.78, 5) is 27.9. The van der Waals surface area contributed by atoms with E-state index in [4.69, 9.17) is 22.2 Å². The first kappa shape index (κ1) is 24.9. The van der Waals surface area contributed by atoms with Gasteiger partial charge in [-0.25, -0.2) is 4.79 Å². The van der Waals surface area contributed by atoms with Gasteiger partial charge in [0, 0.05) is 40.1 Å². The summed E-state index contributed by atoms with van der Waals surface area (Å²) in [7, 11) is 0. The van der Waals surface area contributed by atoms with Crippen LogP contribution in [0, 0.1) is 0 Å². The summed E-state index contributed by atoms with van der Waals surface area (Å²) in [5.74, 6) is -0.770. The van der Waals surface area contributed by atoms with Crippen molar-refractivity contribution in [3.05, 3.63) is 86.4 Å². The molecule has 1 heterocycles. The van der Waals surface area contributed by atoms with Crippen molar-refractivity contribution < 1.29 is 19.4 Å². The van der Waals surface area contributed by atoms with Crippen molar-refractivity contribution in [2.24, 2.45) is 5.11 Å². The molecule has 0 amide bonds. The lowest BCUT2D eigenvalue weighted by atomic mass is 9.89. The van der Waals surface area contributed by atoms with Crippen molar-refractivity contribution in [3.63, 3.8) is 0 Å². The SMILES string of the molecule is [N-]=[N+]=NCCCCC(=S)CCc1ccc(-c2c3ccc(=O)cc-3oc3cc(O)ccc23)c(C(=O)O)c1. The molecule has 182 valence electrons. The van der Waals surface area contributed by atoms with Crippen molar-refractivity contribution in [1.82, 2.24) is 0 Å². The minimum Gasteiger partial charge on any atom is -0.508 e. The second-order valence-electron chi connectivity index (χ2n) is 8.45. The van der Waals surface area contributed by atoms with E-state index in [9.17, 15) is 19.8 Å². The monoisotopic (exact) mass is 501 g/mol. The maximum Gasteiger partial charge on any atom is 0.336 e. The zero-order chi connectivity index (χ0) is 25.7. The van der Waals surface area contributed by atoms with E-state index in [2.05, 4.69) is 10.0 Å². The molecule has 2 N–H and O–H groups in total. The fourth-order valence-corrected chi connectivity index (χ4v) is 4.50. The van der Waals surface area contributed by atoms with E-state index in [-0.39, 0.29) is 16.7 Å². The van der Waals surface area contributed by atoms with Gasteiger partial charge < -0.3 is 14.6 Å². The average Bonchev–Trinajstić information content (AvgIpc) is 2.85. The molecule has 8 nitrogen and oxygen atoms in total. The van der Waals surface area contributed by atoms with Gasteiger partial charge in [0.2, 0.25) is 0 Å². The fourth-order valence-electron chi connectivity index (χ4n) is 4.25. The highest BCUT2D eigenvalue weighted by molar-refractivity contribution is 7.80. The van der Waals surface area contributed by atoms with Gasteiger partial charge in [0.15, 0.2) is 5.43 Å². The highest BCUT2D eigenvalue weighted by atomic mass is 32.1. The minimum atomic E-state index is -1.08. The fraction of sp³-hybridized carbons (Fsp3) is 0.222. The van der Waals surface area contributed by atoms with E-state index in [0.717, 1.165) is 29.7 Å². The third kappa shape index (κ3) is 5.54. The van der Waals surface area contributed by atoms with Gasteiger partial charge in [0.25, 0.3) is 0 Å². The van der Waals surface area contributed by atoms with Crippen molar-refractivity contribution in [2.45, 2.75) is 32.1 Å². The number of phenols is 1. The van der Waals surface area contributed by atoms with E-state index in [1.54, 1.807) is 24.3 Å². The molecule has 0 spiro atoms. The standard InChI is InChI=1S/C27H23N3O5S/c28-30-29-12-2-1-3-19(36)8-4-16-5-9-20(23(13-16)27(33)34)26-21-10-6-17(31)14-24(21)35-25-15-18(32)7-11-22(25)26/h5-7,9-11,13-15,31H,1-4,8,12H2,(H,33,34). The number of phenolic OH excluding ortho intramolecular Hbond substituents is 1. The summed E-state index contributed by atoms with van der Waals surface area (Å²) in [6.45, 7) is 0.453. The quantitative estimate of drug-likeness (QED) is 0.0616. The number of unbranched alkanes of at least 4 members (excludes halogenated alkanes) is 1. The molecule has 36 heavy (non-hydrogen) atoms. The number of hydrogen-bond donors (Lipinski definition) is 2. The molecule has 9 heteroatoms. The van der Waals surface area contributed by atoms with Gasteiger partial charge in [-0.1, -0.05) is 29.5 Å². The number of carbonyl (C=O) groups is 1. The van der Waals surface area contributed by atoms with Gasteiger partial charge in [-0.15, -0.1) is 0 Å². The van der Waals surface area contributed by atoms with Crippen LogP contribution in [0.25, 0.3) is 43.9 Å². The summed E-state index contributed by atoms with van der Waals surface area (Å²) in [6, 6.07) is 14.3. The van der Waals surface area contributed by atoms with Crippen molar-refractivity contribution in [1.29, 1.82) is 0 Å². The van der Waals surface area contributed by atoms with E-state index < -0.39 is 5.97 Å². The number of hydrogen-bond acceptors (Lipinski definition) is 6. The minimum absolute atomic E-state index is 0.00241. The van der Waals surface area contributed by atoms with Crippen LogP contribution in [-0.4, -0.2) is 27.6 Å². The number of aromatic carboxylic acids is 1. The van der Waals surface area contributed by atoms with Crippen LogP contribution in [0.5, 0.6) is 5.75 Å². The molecule has 0 unspecified atom stereocenters. The Labute approximate surface area is 211 Å². The predicted octanol–water partition coefficient (Wildman–Crippen LogP) is 6.75. The second kappa shape index (κ2) is 11.0. The van der Waals surface area contributed by atoms with Gasteiger partial charge in [-0.05, 0) is 84.0 Å². The summed E-state index contributed by atoms with van der Waals surface area (Å²) in [5.41, 5.74) is 11.1. The number of aromatic hydroxyl groups is 1. The van der Waals surface area contributed by atoms with Crippen LogP contribution in [0.2, 0.25) is 0 Å². The predicted molar refractivity (Wildman–Crippen MR) is 142 cm³/mol. The summed E-state index contributed by atoms with van der Waals surface area (Å²) < 4.78 is 5.87. The molecule has 0 saturated carbocycles. The summed E-state index contributed by atoms with van der Waals surface area (Å²) in [6.07, 6.45) is 3.63. The zero-order valence-electron chi connectivity index (χ0n) is 19.3. The Hall–Kier alpha value is -4.20. The maximum absolute atomic E-state index is 12.3. The smallest absolute Gasteiger partial charge is 0.336 e. The molecular formula is C27H23N3O5S. The molecule has 0 saturated heterocycles. The van der Waals surface area contributed by atoms with Crippen LogP contribution in [0.15, 0.2) is 68.9 Å². The molecule has 0 radical (unpaired) electrons. The lowest BCUT2D eigenvalue weighted by Crippen LogP contribution is -2.05. The Morgan fingerprint density at radius 3 is 2.61 bits per heavy atom. The van der Waals surface area contributed by atoms with Crippen LogP contribution in [0.4, 0.5) is 0 Å². The van der Waals surface area contributed by atoms with E-state index >= 15 is 0 Å². The Balaban J connectivity index is 1.69. The largest absolute Gasteiger partial charge is 0.508 e. The lowest BCUT2D eigenvalue weighted by Gasteiger charge is -2.17. The molecule has 2 aromatic carbocycles. The molecule has 0 bridgehead atoms. The Bertz CT molecular complexity index is 1540. The zero-order valence-corrected chi connectivity index (χ0v) is 20.1. The van der Waals surface area contributed by atoms with Crippen molar-refractivity contribution >= 4 is 34.0 Å². The number of azide groups is 1. The third-order valence-electron chi connectivity index (χ3n) is 5.98. The maximum atomic E-state index is 12.3. The first-order chi connectivity index (χ1) is 17.4. The molecule has 2 aliphatic rings. The highest BCUT2D eigenvalue weighted by Gasteiger charge is 2.22. The molecule has 0 atom stereocenters. The average molecular weight is 502 g/mol. The van der Waals surface area contributed by atoms with Crippen molar-refractivity contribution in [3.8, 4) is 28.2 Å². The molecule has 4 rings (SSSR count). The Morgan fingerprint density at radius 1 is 1.03 bits per heavy atom. The number of aryl methyl sites for hydroxylation is 1. The van der Waals surface area contributed by atoms with E-state index in [1.807, 2.05) is 6.07 Å². The van der Waals surface area contributed by atoms with Crippen LogP contribution in [-0.2, 0) is 6.42 Å². The van der Waals surface area contributed by atoms with Crippen LogP contribution >= 0.6 is 12.2 Å². The number of nitrogens with zero attached hydrogens (tertiary/aromatic N) is 3. The van der Waals surface area contributed by atoms with Gasteiger partial charge in [0.1, 0.15) is 17.1 Å². The molecule has 2 aromatic rings. The number of rotatable bonds is 10. The van der Waals surface area contributed by atoms with E-state index in [0.29, 0.717) is 52.8 Å². The van der Waals surface area contributed by atoms with Gasteiger partial charge in [-0.2, -0.15) is 0 Å². The number of carboxylic acid groups (broad SMARTS) is 1. The van der Waals surface area contributed by atoms with Crippen LogP contribution in [0.1, 0.15) is 41.6 Å². The number of thiocarbonyl (C=S) groups is 1. The number of benzene rings is 3. The first-order valence-corrected chi connectivity index (χ1v) is 11.9. The van der Waals surface area contributed by atoms with Gasteiger partial charge >= 0.3 is 5.97 Å². The lowest BCUT2D eigenvalue weighted by molar-refractivity contribution is 0.0697. The number of carboxylic acids is 1. The molecule has 1 aliphatic carbocycles. The molecule has 1 aliphatic heterocycles. The summed E-state index contributed by atoms with van der Waals surface area (Å²) in [5, 5.41) is 24.2. The van der Waals surface area contributed by atoms with E-state index in [1.165, 1.54) is 24.3 Å². The molecule has 0 fully saturated rings. The number of fused-ring (bicyclic) bond motifs is 2. The molecular weight excluding hydrogens is 478 g/mol. The van der Waals surface area contributed by atoms with Crippen LogP contribution in [0.3, 0.4) is 0 Å². The van der Waals surface area contributed by atoms with Crippen molar-refractivity contribution in [2.75, 3.05) is 6.54 Å². The normalized spacial score (nSPS) is 10.9. The second-order valence-corrected chi connectivity index (χ2v) is 9.03. The third-order valence-corrected chi connectivity index (χ3v) is 6.39. The van der Waals surface area contributed by atoms with Gasteiger partial charge in [-0.3, -0.25) is 4.79 Å². The topological polar surface area (TPSA) is 136 Å². The summed E-state index contributed by atoms with van der Waals surface area (Å²) >= 11 is 5.47. The first-order valence-electron chi connectivity index (χ1n) is 11.5. The Morgan fingerprint density at radius 2 is 1.83 bits per heavy atom. The highest BCUT2D eigenvalue weighted by Crippen LogP contribution is 2.42. The Kier molecular flexibility index (Phi) is 7.63.